The van der Waals surface area contributed by atoms with Gasteiger partial charge in [-0.1, -0.05) is 24.4 Å². The van der Waals surface area contributed by atoms with Crippen molar-refractivity contribution in [3.05, 3.63) is 0 Å². The van der Waals surface area contributed by atoms with E-state index in [4.69, 9.17) is 20.7 Å². The fraction of sp³-hybridized carbons (Fsp3) is 1.00. The van der Waals surface area contributed by atoms with Gasteiger partial charge in [-0.05, 0) is 6.42 Å². The van der Waals surface area contributed by atoms with Crippen LogP contribution < -0.4 is 0 Å². The summed E-state index contributed by atoms with van der Waals surface area (Å²) < 4.78 is 4.49. The summed E-state index contributed by atoms with van der Waals surface area (Å²) in [6.07, 6.45) is 1.77. The lowest BCUT2D eigenvalue weighted by Gasteiger charge is -2.07. The van der Waals surface area contributed by atoms with Gasteiger partial charge in [-0.15, -0.1) is 0 Å². The molecule has 0 bridgehead atoms. The zero-order valence-electron chi connectivity index (χ0n) is 5.30. The first-order chi connectivity index (χ1) is 4.06. The molecule has 0 saturated heterocycles. The van der Waals surface area contributed by atoms with Crippen molar-refractivity contribution in [2.24, 2.45) is 0 Å². The van der Waals surface area contributed by atoms with Crippen molar-refractivity contribution in [2.75, 3.05) is 6.61 Å². The first-order valence-corrected chi connectivity index (χ1v) is 5.65. The summed E-state index contributed by atoms with van der Waals surface area (Å²) in [5, 5.41) is 0. The van der Waals surface area contributed by atoms with Gasteiger partial charge in [0.15, 0.2) is 0 Å². The van der Waals surface area contributed by atoms with Crippen molar-refractivity contribution in [3.63, 3.8) is 0 Å². The molecular formula is C4H11ClO3Si. The molecule has 56 valence electrons. The predicted octanol–water partition coefficient (Wildman–Crippen LogP) is 0.462. The van der Waals surface area contributed by atoms with Crippen molar-refractivity contribution in [3.8, 4) is 0 Å². The minimum Gasteiger partial charge on any atom is -0.378 e. The zero-order chi connectivity index (χ0) is 7.33. The van der Waals surface area contributed by atoms with Gasteiger partial charge in [-0.25, -0.2) is 0 Å². The van der Waals surface area contributed by atoms with Crippen molar-refractivity contribution < 1.29 is 14.0 Å². The minimum absolute atomic E-state index is 0.333. The second kappa shape index (κ2) is 4.24. The van der Waals surface area contributed by atoms with E-state index in [0.717, 1.165) is 12.8 Å². The zero-order valence-corrected chi connectivity index (χ0v) is 7.06. The third-order valence-electron chi connectivity index (χ3n) is 0.784. The van der Waals surface area contributed by atoms with Crippen molar-refractivity contribution in [1.82, 2.24) is 0 Å². The Hall–Kier alpha value is 0.387. The molecule has 0 aromatic rings. The second-order valence-electron chi connectivity index (χ2n) is 1.73. The molecule has 0 fully saturated rings. The summed E-state index contributed by atoms with van der Waals surface area (Å²) in [6.45, 7) is 2.31. The molecule has 0 saturated carbocycles. The summed E-state index contributed by atoms with van der Waals surface area (Å²) in [7, 11) is -3.72. The van der Waals surface area contributed by atoms with Gasteiger partial charge in [0.05, 0.1) is 0 Å². The molecule has 5 heteroatoms. The Kier molecular flexibility index (Phi) is 4.42. The lowest BCUT2D eigenvalue weighted by atomic mass is 10.4. The number of unbranched alkanes of at least 4 members (excludes halogenated alkanes) is 1. The molecule has 3 nitrogen and oxygen atoms in total. The lowest BCUT2D eigenvalue weighted by molar-refractivity contribution is 0.170. The molecule has 2 N–H and O–H groups in total. The molecule has 0 rings (SSSR count). The molecule has 0 aliphatic rings. The van der Waals surface area contributed by atoms with Gasteiger partial charge in [0.2, 0.25) is 0 Å². The van der Waals surface area contributed by atoms with Gasteiger partial charge in [0.25, 0.3) is 0 Å². The van der Waals surface area contributed by atoms with Crippen LogP contribution >= 0.6 is 11.1 Å². The van der Waals surface area contributed by atoms with E-state index in [0.29, 0.717) is 6.61 Å². The van der Waals surface area contributed by atoms with Crippen LogP contribution in [0.2, 0.25) is 0 Å². The van der Waals surface area contributed by atoms with Crippen molar-refractivity contribution in [2.45, 2.75) is 19.8 Å². The van der Waals surface area contributed by atoms with Crippen LogP contribution in [0.4, 0.5) is 0 Å². The average molecular weight is 171 g/mol. The molecule has 9 heavy (non-hydrogen) atoms. The number of rotatable bonds is 4. The summed E-state index contributed by atoms with van der Waals surface area (Å²) in [4.78, 5) is 17.0. The van der Waals surface area contributed by atoms with Crippen LogP contribution in [0, 0.1) is 0 Å². The number of hydrogen-bond donors (Lipinski definition) is 2. The monoisotopic (exact) mass is 170 g/mol. The minimum atomic E-state index is -3.72. The Morgan fingerprint density at radius 2 is 2.11 bits per heavy atom. The maximum atomic E-state index is 8.48. The van der Waals surface area contributed by atoms with E-state index < -0.39 is 8.11 Å². The predicted molar refractivity (Wildman–Crippen MR) is 36.9 cm³/mol. The molecule has 0 aromatic carbocycles. The summed E-state index contributed by atoms with van der Waals surface area (Å²) in [6, 6.07) is 0. The maximum Gasteiger partial charge on any atom is 0.607 e. The first kappa shape index (κ1) is 9.39. The average Bonchev–Trinajstić information content (AvgIpc) is 1.63. The highest BCUT2D eigenvalue weighted by molar-refractivity contribution is 7.07. The van der Waals surface area contributed by atoms with Crippen LogP contribution in [0.25, 0.3) is 0 Å². The maximum absolute atomic E-state index is 8.48. The second-order valence-corrected chi connectivity index (χ2v) is 4.55. The third kappa shape index (κ3) is 8.39. The first-order valence-electron chi connectivity index (χ1n) is 2.84. The topological polar surface area (TPSA) is 49.7 Å². The van der Waals surface area contributed by atoms with E-state index in [2.05, 4.69) is 4.43 Å². The molecular weight excluding hydrogens is 160 g/mol. The molecule has 0 heterocycles. The molecule has 0 unspecified atom stereocenters. The van der Waals surface area contributed by atoms with Crippen LogP contribution in [0.5, 0.6) is 0 Å². The van der Waals surface area contributed by atoms with Crippen molar-refractivity contribution in [1.29, 1.82) is 0 Å². The quantitative estimate of drug-likeness (QED) is 0.366. The van der Waals surface area contributed by atoms with Crippen LogP contribution in [-0.4, -0.2) is 24.3 Å². The Balaban J connectivity index is 3.07. The Morgan fingerprint density at radius 1 is 1.56 bits per heavy atom. The fourth-order valence-electron chi connectivity index (χ4n) is 0.346. The smallest absolute Gasteiger partial charge is 0.378 e. The lowest BCUT2D eigenvalue weighted by Crippen LogP contribution is -2.31. The highest BCUT2D eigenvalue weighted by atomic mass is 35.6. The van der Waals surface area contributed by atoms with Crippen LogP contribution in [-0.2, 0) is 4.43 Å². The molecule has 0 aromatic heterocycles. The molecule has 0 aliphatic heterocycles. The Labute approximate surface area is 60.3 Å². The van der Waals surface area contributed by atoms with E-state index in [-0.39, 0.29) is 0 Å². The van der Waals surface area contributed by atoms with Gasteiger partial charge in [-0.2, -0.15) is 0 Å². The molecule has 0 atom stereocenters. The van der Waals surface area contributed by atoms with Gasteiger partial charge >= 0.3 is 8.11 Å². The van der Waals surface area contributed by atoms with E-state index in [1.165, 1.54) is 0 Å². The van der Waals surface area contributed by atoms with E-state index >= 15 is 0 Å². The molecule has 0 amide bonds. The highest BCUT2D eigenvalue weighted by Crippen LogP contribution is 2.01. The van der Waals surface area contributed by atoms with Gasteiger partial charge in [0.1, 0.15) is 0 Å². The van der Waals surface area contributed by atoms with Crippen LogP contribution in [0.15, 0.2) is 0 Å². The van der Waals surface area contributed by atoms with Gasteiger partial charge < -0.3 is 14.0 Å². The summed E-state index contributed by atoms with van der Waals surface area (Å²) >= 11 is 5.00. The molecule has 0 radical (unpaired) electrons. The van der Waals surface area contributed by atoms with Crippen LogP contribution in [0.1, 0.15) is 19.8 Å². The molecule has 0 spiro atoms. The third-order valence-corrected chi connectivity index (χ3v) is 1.68. The largest absolute Gasteiger partial charge is 0.607 e. The standard InChI is InChI=1S/C4H11ClO3Si/c1-2-3-4-8-9(5,6)7/h6-7H,2-4H2,1H3. The van der Waals surface area contributed by atoms with Crippen LogP contribution in [0.3, 0.4) is 0 Å². The van der Waals surface area contributed by atoms with E-state index in [1.807, 2.05) is 6.92 Å². The van der Waals surface area contributed by atoms with E-state index in [9.17, 15) is 0 Å². The van der Waals surface area contributed by atoms with E-state index in [1.54, 1.807) is 0 Å². The fourth-order valence-corrected chi connectivity index (χ4v) is 0.982. The van der Waals surface area contributed by atoms with Crippen molar-refractivity contribution >= 4 is 19.2 Å². The van der Waals surface area contributed by atoms with Gasteiger partial charge in [-0.3, -0.25) is 0 Å². The number of hydrogen-bond acceptors (Lipinski definition) is 3. The number of halogens is 1. The summed E-state index contributed by atoms with van der Waals surface area (Å²) in [5.74, 6) is 0. The Bertz CT molecular complexity index is 72.7. The molecule has 0 aliphatic carbocycles. The van der Waals surface area contributed by atoms with Gasteiger partial charge in [0, 0.05) is 6.61 Å². The Morgan fingerprint density at radius 3 is 2.44 bits per heavy atom. The highest BCUT2D eigenvalue weighted by Gasteiger charge is 2.28. The summed E-state index contributed by atoms with van der Waals surface area (Å²) in [5.41, 5.74) is 0. The SMILES string of the molecule is CCCCO[Si](O)(O)Cl. The normalized spacial score (nSPS) is 12.0.